The minimum atomic E-state index is -1.04. The van der Waals surface area contributed by atoms with E-state index in [4.69, 9.17) is 10.2 Å². The van der Waals surface area contributed by atoms with Crippen molar-refractivity contribution in [1.29, 1.82) is 0 Å². The van der Waals surface area contributed by atoms with Crippen LogP contribution < -0.4 is 0 Å². The molecule has 0 radical (unpaired) electrons. The third-order valence-corrected chi connectivity index (χ3v) is 12.5. The maximum absolute atomic E-state index is 11.9. The maximum atomic E-state index is 11.9. The van der Waals surface area contributed by atoms with Crippen LogP contribution in [0.1, 0.15) is 212 Å². The number of aliphatic carboxylic acids is 8. The van der Waals surface area contributed by atoms with Crippen molar-refractivity contribution in [1.82, 2.24) is 0 Å². The lowest BCUT2D eigenvalue weighted by molar-refractivity contribution is -0.144. The molecule has 0 fully saturated rings. The lowest BCUT2D eigenvalue weighted by atomic mass is 9.90. The van der Waals surface area contributed by atoms with E-state index in [1.165, 1.54) is 0 Å². The van der Waals surface area contributed by atoms with Crippen molar-refractivity contribution >= 4 is 47.8 Å². The molecule has 16 heteroatoms. The van der Waals surface area contributed by atoms with E-state index in [0.29, 0.717) is 161 Å². The summed E-state index contributed by atoms with van der Waals surface area (Å²) in [6.07, 6.45) is 18.3. The van der Waals surface area contributed by atoms with Gasteiger partial charge in [0, 0.05) is 12.8 Å². The highest BCUT2D eigenvalue weighted by molar-refractivity contribution is 5.73. The summed E-state index contributed by atoms with van der Waals surface area (Å²) < 4.78 is 0. The zero-order chi connectivity index (χ0) is 47.4. The summed E-state index contributed by atoms with van der Waals surface area (Å²) in [4.78, 5) is 91.8. The van der Waals surface area contributed by atoms with Gasteiger partial charge in [0.05, 0.1) is 35.5 Å². The fourth-order valence-electron chi connectivity index (χ4n) is 8.46. The molecule has 0 bridgehead atoms. The molecule has 0 saturated carbocycles. The van der Waals surface area contributed by atoms with Gasteiger partial charge in [-0.25, -0.2) is 0 Å². The number of hydrogen-bond donors (Lipinski definition) is 8. The second-order valence-electron chi connectivity index (χ2n) is 17.7. The largest absolute Gasteiger partial charge is 0.481 e. The van der Waals surface area contributed by atoms with E-state index in [-0.39, 0.29) is 19.3 Å². The zero-order valence-electron chi connectivity index (χ0n) is 37.6. The van der Waals surface area contributed by atoms with Crippen LogP contribution in [-0.4, -0.2) is 88.6 Å². The average molecular weight is 901 g/mol. The zero-order valence-corrected chi connectivity index (χ0v) is 37.6. The highest BCUT2D eigenvalue weighted by atomic mass is 16.4. The molecule has 0 aliphatic heterocycles. The molecule has 0 rings (SSSR count). The van der Waals surface area contributed by atoms with Gasteiger partial charge in [0.25, 0.3) is 0 Å². The van der Waals surface area contributed by atoms with E-state index in [2.05, 4.69) is 0 Å². The van der Waals surface area contributed by atoms with Crippen LogP contribution in [0.2, 0.25) is 0 Å². The maximum Gasteiger partial charge on any atom is 0.306 e. The molecule has 6 unspecified atom stereocenters. The van der Waals surface area contributed by atoms with Crippen molar-refractivity contribution in [2.24, 2.45) is 35.5 Å². The van der Waals surface area contributed by atoms with Crippen LogP contribution >= 0.6 is 0 Å². The molecule has 0 saturated heterocycles. The van der Waals surface area contributed by atoms with E-state index in [1.54, 1.807) is 0 Å². The first-order valence-corrected chi connectivity index (χ1v) is 23.8. The molecule has 0 heterocycles. The number of carbonyl (C=O) groups is 8. The van der Waals surface area contributed by atoms with Crippen LogP contribution in [-0.2, 0) is 38.4 Å². The Bertz CT molecular complexity index is 1330. The van der Waals surface area contributed by atoms with Crippen LogP contribution in [0.3, 0.4) is 0 Å². The van der Waals surface area contributed by atoms with Gasteiger partial charge in [-0.05, 0) is 83.5 Å². The highest BCUT2D eigenvalue weighted by Gasteiger charge is 2.23. The first-order valence-electron chi connectivity index (χ1n) is 23.8. The molecule has 0 spiro atoms. The number of rotatable bonds is 46. The summed E-state index contributed by atoms with van der Waals surface area (Å²) >= 11 is 0. The Labute approximate surface area is 373 Å². The summed E-state index contributed by atoms with van der Waals surface area (Å²) in [6, 6.07) is 0. The van der Waals surface area contributed by atoms with E-state index in [0.717, 1.165) is 32.1 Å². The summed E-state index contributed by atoms with van der Waals surface area (Å²) in [6.45, 7) is 0. The molecule has 63 heavy (non-hydrogen) atoms. The molecule has 0 aromatic carbocycles. The fourth-order valence-corrected chi connectivity index (χ4v) is 8.46. The Balaban J connectivity index is 4.33. The van der Waals surface area contributed by atoms with E-state index in [9.17, 15) is 69.0 Å². The molecule has 0 aromatic heterocycles. The van der Waals surface area contributed by atoms with Crippen molar-refractivity contribution in [2.45, 2.75) is 212 Å². The summed E-state index contributed by atoms with van der Waals surface area (Å²) in [7, 11) is 0. The summed E-state index contributed by atoms with van der Waals surface area (Å²) in [5.41, 5.74) is 0. The second-order valence-corrected chi connectivity index (χ2v) is 17.7. The van der Waals surface area contributed by atoms with Crippen LogP contribution in [0.4, 0.5) is 0 Å². The van der Waals surface area contributed by atoms with Gasteiger partial charge in [-0.3, -0.25) is 38.4 Å². The van der Waals surface area contributed by atoms with Crippen LogP contribution in [0, 0.1) is 35.5 Å². The van der Waals surface area contributed by atoms with Gasteiger partial charge < -0.3 is 40.9 Å². The quantitative estimate of drug-likeness (QED) is 0.0263. The van der Waals surface area contributed by atoms with Crippen LogP contribution in [0.5, 0.6) is 0 Å². The van der Waals surface area contributed by atoms with Gasteiger partial charge in [-0.2, -0.15) is 0 Å². The van der Waals surface area contributed by atoms with Crippen LogP contribution in [0.15, 0.2) is 0 Å². The van der Waals surface area contributed by atoms with Crippen LogP contribution in [0.25, 0.3) is 0 Å². The SMILES string of the molecule is O=C(O)CCCCCCC(CCCCCC(CCCCCC(CCCCCC(CCCCCC(CCCCCC(CCC(=O)O)C(=O)O)C(=O)O)C(=O)O)C(=O)O)C(=O)O)C(=O)O. The Morgan fingerprint density at radius 3 is 0.540 bits per heavy atom. The number of carboxylic acid groups (broad SMARTS) is 8. The molecule has 0 aliphatic carbocycles. The minimum Gasteiger partial charge on any atom is -0.481 e. The standard InChI is InChI=1S/C47H80O16/c48-40(49)31-19-2-1-8-20-34(42(52)53)21-9-3-10-22-35(43(54)55)23-11-4-12-24-36(44(56)57)25-13-5-14-26-37(45(58)59)27-15-6-16-28-38(46(60)61)29-17-7-18-30-39(47(62)63)32-33-41(50)51/h34-39H,1-33H2,(H,48,49)(H,50,51)(H,52,53)(H,54,55)(H,56,57)(H,58,59)(H,60,61)(H,62,63). The molecular formula is C47H80O16. The smallest absolute Gasteiger partial charge is 0.306 e. The Hall–Kier alpha value is -4.24. The summed E-state index contributed by atoms with van der Waals surface area (Å²) in [5.74, 6) is -10.5. The number of carboxylic acids is 8. The normalized spacial score (nSPS) is 14.2. The van der Waals surface area contributed by atoms with E-state index >= 15 is 0 Å². The topological polar surface area (TPSA) is 298 Å². The third-order valence-electron chi connectivity index (χ3n) is 12.5. The lowest BCUT2D eigenvalue weighted by Gasteiger charge is -2.15. The Morgan fingerprint density at radius 2 is 0.365 bits per heavy atom. The molecule has 16 nitrogen and oxygen atoms in total. The third kappa shape index (κ3) is 33.0. The lowest BCUT2D eigenvalue weighted by Crippen LogP contribution is -2.16. The molecule has 0 aromatic rings. The van der Waals surface area contributed by atoms with E-state index < -0.39 is 83.3 Å². The highest BCUT2D eigenvalue weighted by Crippen LogP contribution is 2.26. The predicted molar refractivity (Wildman–Crippen MR) is 234 cm³/mol. The van der Waals surface area contributed by atoms with Gasteiger partial charge in [0.15, 0.2) is 0 Å². The molecule has 0 aliphatic rings. The Morgan fingerprint density at radius 1 is 0.206 bits per heavy atom. The first-order chi connectivity index (χ1) is 30.0. The number of hydrogen-bond acceptors (Lipinski definition) is 8. The molecule has 0 amide bonds. The van der Waals surface area contributed by atoms with Crippen molar-refractivity contribution in [3.8, 4) is 0 Å². The molecule has 6 atom stereocenters. The van der Waals surface area contributed by atoms with Gasteiger partial charge in [-0.15, -0.1) is 0 Å². The molecule has 364 valence electrons. The van der Waals surface area contributed by atoms with Gasteiger partial charge in [-0.1, -0.05) is 116 Å². The van der Waals surface area contributed by atoms with Gasteiger partial charge in [0.1, 0.15) is 0 Å². The predicted octanol–water partition coefficient (Wildman–Crippen LogP) is 10.2. The number of unbranched alkanes of at least 4 members (excludes halogenated alkanes) is 13. The fraction of sp³-hybridized carbons (Fsp3) is 0.830. The minimum absolute atomic E-state index is 0.0679. The summed E-state index contributed by atoms with van der Waals surface area (Å²) in [5, 5.41) is 75.2. The van der Waals surface area contributed by atoms with Crippen molar-refractivity contribution in [3.05, 3.63) is 0 Å². The Kier molecular flexibility index (Phi) is 34.7. The van der Waals surface area contributed by atoms with Gasteiger partial charge in [0.2, 0.25) is 0 Å². The van der Waals surface area contributed by atoms with Crippen molar-refractivity contribution < 1.29 is 79.2 Å². The second kappa shape index (κ2) is 37.2. The van der Waals surface area contributed by atoms with Crippen molar-refractivity contribution in [2.75, 3.05) is 0 Å². The van der Waals surface area contributed by atoms with Gasteiger partial charge >= 0.3 is 47.8 Å². The molecule has 8 N–H and O–H groups in total. The average Bonchev–Trinajstić information content (AvgIpc) is 3.20. The monoisotopic (exact) mass is 901 g/mol. The van der Waals surface area contributed by atoms with Crippen molar-refractivity contribution in [3.63, 3.8) is 0 Å². The first kappa shape index (κ1) is 58.8. The van der Waals surface area contributed by atoms with E-state index in [1.807, 2.05) is 0 Å². The molecular weight excluding hydrogens is 821 g/mol.